The molecule has 0 unspecified atom stereocenters. The van der Waals surface area contributed by atoms with Crippen molar-refractivity contribution >= 4 is 39.6 Å². The first-order valence-electron chi connectivity index (χ1n) is 10.5. The maximum atomic E-state index is 12.4. The van der Waals surface area contributed by atoms with Gasteiger partial charge in [0.15, 0.2) is 12.2 Å². The number of carbonyl (C=O) groups is 3. The van der Waals surface area contributed by atoms with E-state index in [9.17, 15) is 19.2 Å². The number of benzene rings is 2. The maximum Gasteiger partial charge on any atom is 0.344 e. The molecule has 1 aliphatic heterocycles. The molecule has 1 aliphatic rings. The van der Waals surface area contributed by atoms with Gasteiger partial charge in [-0.25, -0.2) is 4.79 Å². The average Bonchev–Trinajstić information content (AvgIpc) is 2.77. The molecule has 10 nitrogen and oxygen atoms in total. The zero-order valence-electron chi connectivity index (χ0n) is 18.6. The largest absolute Gasteiger partial charge is 0.461 e. The summed E-state index contributed by atoms with van der Waals surface area (Å²) in [6.45, 7) is 3.37. The van der Waals surface area contributed by atoms with E-state index in [-0.39, 0.29) is 17.9 Å². The number of esters is 3. The quantitative estimate of drug-likeness (QED) is 0.237. The molecule has 10 heteroatoms. The first-order chi connectivity index (χ1) is 16.2. The van der Waals surface area contributed by atoms with Crippen molar-refractivity contribution < 1.29 is 42.5 Å². The van der Waals surface area contributed by atoms with Crippen molar-refractivity contribution in [1.82, 2.24) is 0 Å². The molecule has 4 atom stereocenters. The highest BCUT2D eigenvalue weighted by Gasteiger charge is 2.48. The third-order valence-electron chi connectivity index (χ3n) is 5.15. The fourth-order valence-electron chi connectivity index (χ4n) is 3.88. The summed E-state index contributed by atoms with van der Waals surface area (Å²) in [4.78, 5) is 47.3. The Morgan fingerprint density at radius 1 is 0.824 bits per heavy atom. The summed E-state index contributed by atoms with van der Waals surface area (Å²) in [5.41, 5.74) is -0.207. The smallest absolute Gasteiger partial charge is 0.344 e. The molecule has 0 aliphatic carbocycles. The highest BCUT2D eigenvalue weighted by molar-refractivity contribution is 6.04. The number of carbonyl (C=O) groups excluding carboxylic acids is 3. The van der Waals surface area contributed by atoms with Crippen LogP contribution in [0, 0.1) is 0 Å². The Kier molecular flexibility index (Phi) is 6.51. The van der Waals surface area contributed by atoms with Gasteiger partial charge in [0.2, 0.25) is 12.4 Å². The van der Waals surface area contributed by atoms with Gasteiger partial charge in [-0.1, -0.05) is 18.2 Å². The predicted octanol–water partition coefficient (Wildman–Crippen LogP) is 2.48. The van der Waals surface area contributed by atoms with E-state index in [0.717, 1.165) is 5.39 Å². The van der Waals surface area contributed by atoms with Gasteiger partial charge in [0, 0.05) is 32.2 Å². The molecule has 0 saturated carbocycles. The van der Waals surface area contributed by atoms with E-state index in [1.54, 1.807) is 24.3 Å². The first-order valence-corrected chi connectivity index (χ1v) is 10.5. The lowest BCUT2D eigenvalue weighted by Crippen LogP contribution is -2.59. The molecular weight excluding hydrogens is 448 g/mol. The van der Waals surface area contributed by atoms with Gasteiger partial charge in [-0.05, 0) is 23.6 Å². The molecule has 0 amide bonds. The van der Waals surface area contributed by atoms with Crippen molar-refractivity contribution in [1.29, 1.82) is 0 Å². The molecule has 34 heavy (non-hydrogen) atoms. The molecule has 2 aromatic carbocycles. The topological polar surface area (TPSA) is 128 Å². The minimum absolute atomic E-state index is 0.173. The Morgan fingerprint density at radius 3 is 2.15 bits per heavy atom. The molecule has 1 aromatic heterocycles. The fraction of sp³-hybridized carbons (Fsp3) is 0.333. The van der Waals surface area contributed by atoms with Crippen LogP contribution in [-0.2, 0) is 33.3 Å². The van der Waals surface area contributed by atoms with E-state index < -0.39 is 48.1 Å². The molecule has 0 N–H and O–H groups in total. The van der Waals surface area contributed by atoms with E-state index in [1.807, 2.05) is 12.1 Å². The van der Waals surface area contributed by atoms with Crippen LogP contribution in [0.3, 0.4) is 0 Å². The van der Waals surface area contributed by atoms with Gasteiger partial charge in [0.25, 0.3) is 0 Å². The van der Waals surface area contributed by atoms with Crippen molar-refractivity contribution in [3.05, 3.63) is 52.9 Å². The molecule has 1 saturated heterocycles. The van der Waals surface area contributed by atoms with E-state index >= 15 is 0 Å². The van der Waals surface area contributed by atoms with Crippen LogP contribution >= 0.6 is 0 Å². The van der Waals surface area contributed by atoms with Crippen LogP contribution in [0.25, 0.3) is 21.7 Å². The fourth-order valence-corrected chi connectivity index (χ4v) is 3.88. The monoisotopic (exact) mass is 470 g/mol. The zero-order chi connectivity index (χ0) is 24.4. The van der Waals surface area contributed by atoms with Gasteiger partial charge in [-0.2, -0.15) is 0 Å². The van der Waals surface area contributed by atoms with Gasteiger partial charge >= 0.3 is 23.5 Å². The Morgan fingerprint density at radius 2 is 1.47 bits per heavy atom. The van der Waals surface area contributed by atoms with Crippen LogP contribution in [0.15, 0.2) is 51.7 Å². The second kappa shape index (κ2) is 9.52. The van der Waals surface area contributed by atoms with Crippen molar-refractivity contribution in [2.24, 2.45) is 0 Å². The SMILES string of the molecule is CC(=O)O[C@@H]1[C@@H](OC(C)=O)[C@H](Oc2ccc3c(c2)oc(=O)c2ccccc23)OC[C@H]1OC(C)=O. The van der Waals surface area contributed by atoms with Crippen molar-refractivity contribution in [3.63, 3.8) is 0 Å². The highest BCUT2D eigenvalue weighted by atomic mass is 16.7. The molecular formula is C24H22O10. The van der Waals surface area contributed by atoms with Crippen LogP contribution in [0.5, 0.6) is 5.75 Å². The number of hydrogen-bond acceptors (Lipinski definition) is 10. The van der Waals surface area contributed by atoms with Gasteiger partial charge in [0.1, 0.15) is 11.3 Å². The van der Waals surface area contributed by atoms with Crippen LogP contribution in [0.4, 0.5) is 0 Å². The van der Waals surface area contributed by atoms with Crippen molar-refractivity contribution in [2.45, 2.75) is 45.4 Å². The van der Waals surface area contributed by atoms with Crippen LogP contribution in [0.1, 0.15) is 20.8 Å². The third kappa shape index (κ3) is 4.86. The van der Waals surface area contributed by atoms with E-state index in [2.05, 4.69) is 0 Å². The summed E-state index contributed by atoms with van der Waals surface area (Å²) in [6, 6.07) is 11.9. The maximum absolute atomic E-state index is 12.4. The van der Waals surface area contributed by atoms with Gasteiger partial charge in [-0.15, -0.1) is 0 Å². The number of hydrogen-bond donors (Lipinski definition) is 0. The lowest BCUT2D eigenvalue weighted by molar-refractivity contribution is -0.259. The van der Waals surface area contributed by atoms with Crippen LogP contribution < -0.4 is 10.4 Å². The van der Waals surface area contributed by atoms with Gasteiger partial charge < -0.3 is 28.1 Å². The lowest BCUT2D eigenvalue weighted by atomic mass is 10.0. The number of fused-ring (bicyclic) bond motifs is 3. The second-order valence-corrected chi connectivity index (χ2v) is 7.71. The Balaban J connectivity index is 1.67. The molecule has 1 fully saturated rings. The normalized spacial score (nSPS) is 22.2. The Bertz CT molecular complexity index is 1310. The van der Waals surface area contributed by atoms with Gasteiger partial charge in [-0.3, -0.25) is 14.4 Å². The molecule has 3 aromatic rings. The third-order valence-corrected chi connectivity index (χ3v) is 5.15. The van der Waals surface area contributed by atoms with E-state index in [1.165, 1.54) is 26.8 Å². The molecule has 178 valence electrons. The second-order valence-electron chi connectivity index (χ2n) is 7.71. The molecule has 0 bridgehead atoms. The van der Waals surface area contributed by atoms with Crippen LogP contribution in [0.2, 0.25) is 0 Å². The molecule has 4 rings (SSSR count). The minimum atomic E-state index is -1.24. The summed E-state index contributed by atoms with van der Waals surface area (Å²) in [6.07, 6.45) is -4.61. The zero-order valence-corrected chi connectivity index (χ0v) is 18.6. The molecule has 0 spiro atoms. The molecule has 2 heterocycles. The standard InChI is InChI=1S/C24H22O10/c1-12(25)30-20-11-29-24(22(32-14(3)27)21(20)31-13(2)26)33-15-8-9-17-16-6-4-5-7-18(16)23(28)34-19(17)10-15/h4-10,20-22,24H,11H2,1-3H3/t20-,21+,22-,24+/m1/s1. The summed E-state index contributed by atoms with van der Waals surface area (Å²) >= 11 is 0. The minimum Gasteiger partial charge on any atom is -0.461 e. The Hall–Kier alpha value is -3.92. The summed E-state index contributed by atoms with van der Waals surface area (Å²) in [5.74, 6) is -1.72. The van der Waals surface area contributed by atoms with E-state index in [0.29, 0.717) is 10.8 Å². The number of ether oxygens (including phenoxy) is 5. The van der Waals surface area contributed by atoms with Gasteiger partial charge in [0.05, 0.1) is 12.0 Å². The summed E-state index contributed by atoms with van der Waals surface area (Å²) in [5, 5.41) is 1.89. The average molecular weight is 470 g/mol. The first kappa shape index (κ1) is 23.2. The van der Waals surface area contributed by atoms with Crippen molar-refractivity contribution in [2.75, 3.05) is 6.61 Å². The highest BCUT2D eigenvalue weighted by Crippen LogP contribution is 2.30. The summed E-state index contributed by atoms with van der Waals surface area (Å²) in [7, 11) is 0. The van der Waals surface area contributed by atoms with Crippen molar-refractivity contribution in [3.8, 4) is 5.75 Å². The van der Waals surface area contributed by atoms with E-state index in [4.69, 9.17) is 28.1 Å². The number of rotatable bonds is 5. The lowest BCUT2D eigenvalue weighted by Gasteiger charge is -2.40. The van der Waals surface area contributed by atoms with Crippen LogP contribution in [-0.4, -0.2) is 49.1 Å². The summed E-state index contributed by atoms with van der Waals surface area (Å²) < 4.78 is 32.8. The molecule has 0 radical (unpaired) electrons. The predicted molar refractivity (Wildman–Crippen MR) is 117 cm³/mol. The Labute approximate surface area is 193 Å².